The first-order valence-electron chi connectivity index (χ1n) is 10.1. The molecule has 0 bridgehead atoms. The number of urea groups is 1. The second kappa shape index (κ2) is 8.47. The topological polar surface area (TPSA) is 91.7 Å². The van der Waals surface area contributed by atoms with Gasteiger partial charge in [0.2, 0.25) is 5.91 Å². The summed E-state index contributed by atoms with van der Waals surface area (Å²) in [7, 11) is 0. The molecule has 7 nitrogen and oxygen atoms in total. The standard InChI is InChI=1S/C24H23N3O4/c1-17(20-13-8-14-31-20)25-21(28)16-27-22(29)24(26-23(27)30,19-11-6-3-7-12-19)15-18-9-4-2-5-10-18/h2-14,17H,15-16H2,1H3,(H,25,28)(H,26,30)/t17-,24-/m1/s1. The monoisotopic (exact) mass is 417 g/mol. The molecule has 2 heterocycles. The lowest BCUT2D eigenvalue weighted by Crippen LogP contribution is -2.47. The molecule has 0 radical (unpaired) electrons. The number of hydrogen-bond acceptors (Lipinski definition) is 4. The molecule has 1 fully saturated rings. The summed E-state index contributed by atoms with van der Waals surface area (Å²) in [6.07, 6.45) is 1.80. The number of hydrogen-bond donors (Lipinski definition) is 2. The molecule has 0 unspecified atom stereocenters. The van der Waals surface area contributed by atoms with E-state index in [1.165, 1.54) is 6.26 Å². The van der Waals surface area contributed by atoms with Crippen molar-refractivity contribution < 1.29 is 18.8 Å². The van der Waals surface area contributed by atoms with Gasteiger partial charge in [0.1, 0.15) is 12.3 Å². The van der Waals surface area contributed by atoms with Crippen LogP contribution in [0.25, 0.3) is 0 Å². The van der Waals surface area contributed by atoms with E-state index in [1.54, 1.807) is 19.1 Å². The molecular formula is C24H23N3O4. The number of rotatable bonds is 7. The lowest BCUT2D eigenvalue weighted by atomic mass is 9.83. The number of amides is 4. The fraction of sp³-hybridized carbons (Fsp3) is 0.208. The van der Waals surface area contributed by atoms with Crippen molar-refractivity contribution in [3.05, 3.63) is 95.9 Å². The van der Waals surface area contributed by atoms with E-state index in [2.05, 4.69) is 10.6 Å². The highest BCUT2D eigenvalue weighted by atomic mass is 16.3. The molecule has 7 heteroatoms. The number of nitrogens with one attached hydrogen (secondary N) is 2. The molecule has 2 atom stereocenters. The zero-order valence-electron chi connectivity index (χ0n) is 17.1. The maximum absolute atomic E-state index is 13.5. The third-order valence-electron chi connectivity index (χ3n) is 5.40. The Labute approximate surface area is 180 Å². The lowest BCUT2D eigenvalue weighted by Gasteiger charge is -2.27. The van der Waals surface area contributed by atoms with E-state index >= 15 is 0 Å². The molecule has 4 rings (SSSR count). The number of carbonyl (C=O) groups is 3. The van der Waals surface area contributed by atoms with Crippen LogP contribution in [0.15, 0.2) is 83.5 Å². The minimum absolute atomic E-state index is 0.281. The molecule has 2 N–H and O–H groups in total. The highest BCUT2D eigenvalue weighted by Crippen LogP contribution is 2.33. The lowest BCUT2D eigenvalue weighted by molar-refractivity contribution is -0.135. The summed E-state index contributed by atoms with van der Waals surface area (Å²) in [5, 5.41) is 5.62. The zero-order chi connectivity index (χ0) is 21.8. The van der Waals surface area contributed by atoms with Crippen molar-refractivity contribution in [2.75, 3.05) is 6.54 Å². The average molecular weight is 417 g/mol. The van der Waals surface area contributed by atoms with Crippen molar-refractivity contribution in [2.45, 2.75) is 24.9 Å². The Balaban J connectivity index is 1.57. The molecule has 2 aromatic carbocycles. The highest BCUT2D eigenvalue weighted by Gasteiger charge is 2.52. The van der Waals surface area contributed by atoms with Gasteiger partial charge in [0.25, 0.3) is 5.91 Å². The Bertz CT molecular complexity index is 1070. The molecule has 1 saturated heterocycles. The fourth-order valence-electron chi connectivity index (χ4n) is 3.85. The predicted molar refractivity (Wildman–Crippen MR) is 114 cm³/mol. The second-order valence-corrected chi connectivity index (χ2v) is 7.56. The first-order chi connectivity index (χ1) is 15.0. The van der Waals surface area contributed by atoms with E-state index in [-0.39, 0.29) is 19.0 Å². The summed E-state index contributed by atoms with van der Waals surface area (Å²) in [6.45, 7) is 1.39. The third kappa shape index (κ3) is 4.07. The zero-order valence-corrected chi connectivity index (χ0v) is 17.1. The molecule has 0 spiro atoms. The minimum Gasteiger partial charge on any atom is -0.467 e. The number of carbonyl (C=O) groups excluding carboxylic acids is 3. The fourth-order valence-corrected chi connectivity index (χ4v) is 3.85. The Morgan fingerprint density at radius 3 is 2.35 bits per heavy atom. The highest BCUT2D eigenvalue weighted by molar-refractivity contribution is 6.09. The van der Waals surface area contributed by atoms with Crippen molar-refractivity contribution in [2.24, 2.45) is 0 Å². The molecule has 1 aromatic heterocycles. The molecule has 0 saturated carbocycles. The van der Waals surface area contributed by atoms with Crippen LogP contribution in [0.3, 0.4) is 0 Å². The van der Waals surface area contributed by atoms with Crippen LogP contribution in [0, 0.1) is 0 Å². The van der Waals surface area contributed by atoms with E-state index in [4.69, 9.17) is 4.42 Å². The van der Waals surface area contributed by atoms with E-state index in [0.717, 1.165) is 10.5 Å². The molecule has 4 amide bonds. The van der Waals surface area contributed by atoms with Gasteiger partial charge in [0, 0.05) is 6.42 Å². The smallest absolute Gasteiger partial charge is 0.325 e. The molecule has 3 aromatic rings. The Morgan fingerprint density at radius 2 is 1.71 bits per heavy atom. The molecule has 0 aliphatic carbocycles. The Hall–Kier alpha value is -3.87. The van der Waals surface area contributed by atoms with Gasteiger partial charge in [0.15, 0.2) is 5.54 Å². The molecule has 158 valence electrons. The van der Waals surface area contributed by atoms with E-state index in [9.17, 15) is 14.4 Å². The summed E-state index contributed by atoms with van der Waals surface area (Å²) >= 11 is 0. The summed E-state index contributed by atoms with van der Waals surface area (Å²) in [5.41, 5.74) is 0.300. The van der Waals surface area contributed by atoms with Crippen molar-refractivity contribution >= 4 is 17.8 Å². The first-order valence-corrected chi connectivity index (χ1v) is 10.1. The van der Waals surface area contributed by atoms with Crippen LogP contribution in [0.4, 0.5) is 4.79 Å². The van der Waals surface area contributed by atoms with Crippen LogP contribution in [0.1, 0.15) is 29.9 Å². The van der Waals surface area contributed by atoms with Gasteiger partial charge in [-0.15, -0.1) is 0 Å². The van der Waals surface area contributed by atoms with Crippen molar-refractivity contribution in [1.82, 2.24) is 15.5 Å². The van der Waals surface area contributed by atoms with E-state index in [1.807, 2.05) is 60.7 Å². The molecular weight excluding hydrogens is 394 g/mol. The van der Waals surface area contributed by atoms with Gasteiger partial charge < -0.3 is 15.1 Å². The Morgan fingerprint density at radius 1 is 1.03 bits per heavy atom. The van der Waals surface area contributed by atoms with E-state index in [0.29, 0.717) is 11.3 Å². The van der Waals surface area contributed by atoms with Crippen molar-refractivity contribution in [3.8, 4) is 0 Å². The number of imide groups is 1. The van der Waals surface area contributed by atoms with Crippen molar-refractivity contribution in [3.63, 3.8) is 0 Å². The summed E-state index contributed by atoms with van der Waals surface area (Å²) < 4.78 is 5.29. The minimum atomic E-state index is -1.27. The normalized spacial score (nSPS) is 19.2. The predicted octanol–water partition coefficient (Wildman–Crippen LogP) is 3.15. The van der Waals surface area contributed by atoms with Crippen LogP contribution in [-0.2, 0) is 21.5 Å². The van der Waals surface area contributed by atoms with Crippen LogP contribution < -0.4 is 10.6 Å². The van der Waals surface area contributed by atoms with Crippen molar-refractivity contribution in [1.29, 1.82) is 0 Å². The second-order valence-electron chi connectivity index (χ2n) is 7.56. The van der Waals surface area contributed by atoms with Crippen LogP contribution >= 0.6 is 0 Å². The third-order valence-corrected chi connectivity index (χ3v) is 5.40. The number of furan rings is 1. The maximum atomic E-state index is 13.5. The molecule has 1 aliphatic heterocycles. The average Bonchev–Trinajstić information content (AvgIpc) is 3.39. The van der Waals surface area contributed by atoms with Gasteiger partial charge in [-0.05, 0) is 30.2 Å². The van der Waals surface area contributed by atoms with Gasteiger partial charge in [-0.3, -0.25) is 14.5 Å². The molecule has 31 heavy (non-hydrogen) atoms. The first kappa shape index (κ1) is 20.4. The van der Waals surface area contributed by atoms with E-state index < -0.39 is 23.4 Å². The van der Waals surface area contributed by atoms with Gasteiger partial charge in [0.05, 0.1) is 12.3 Å². The van der Waals surface area contributed by atoms with Crippen LogP contribution in [-0.4, -0.2) is 29.3 Å². The summed E-state index contributed by atoms with van der Waals surface area (Å²) in [5.74, 6) is -0.308. The van der Waals surface area contributed by atoms with Crippen LogP contribution in [0.2, 0.25) is 0 Å². The Kier molecular flexibility index (Phi) is 5.58. The van der Waals surface area contributed by atoms with Gasteiger partial charge in [-0.1, -0.05) is 60.7 Å². The van der Waals surface area contributed by atoms with Gasteiger partial charge in [-0.2, -0.15) is 0 Å². The maximum Gasteiger partial charge on any atom is 0.325 e. The summed E-state index contributed by atoms with van der Waals surface area (Å²) in [6, 6.07) is 21.1. The molecule has 1 aliphatic rings. The van der Waals surface area contributed by atoms with Gasteiger partial charge >= 0.3 is 6.03 Å². The number of benzene rings is 2. The largest absolute Gasteiger partial charge is 0.467 e. The van der Waals surface area contributed by atoms with Crippen LogP contribution in [0.5, 0.6) is 0 Å². The number of nitrogens with zero attached hydrogens (tertiary/aromatic N) is 1. The van der Waals surface area contributed by atoms with Gasteiger partial charge in [-0.25, -0.2) is 4.79 Å². The summed E-state index contributed by atoms with van der Waals surface area (Å²) in [4.78, 5) is 39.9. The SMILES string of the molecule is C[C@@H](NC(=O)CN1C(=O)N[C@](Cc2ccccc2)(c2ccccc2)C1=O)c1ccco1. The quantitative estimate of drug-likeness (QED) is 0.578.